The highest BCUT2D eigenvalue weighted by molar-refractivity contribution is 8.01. The summed E-state index contributed by atoms with van der Waals surface area (Å²) in [5, 5.41) is 0.655. The van der Waals surface area contributed by atoms with Crippen LogP contribution in [0, 0.1) is 0 Å². The predicted octanol–water partition coefficient (Wildman–Crippen LogP) is 10.8. The quantitative estimate of drug-likeness (QED) is 0.228. The molecule has 0 spiro atoms. The average Bonchev–Trinajstić information content (AvgIpc) is 4.52. The molecule has 0 saturated heterocycles. The predicted molar refractivity (Wildman–Crippen MR) is 311 cm³/mol. The number of hydrogen-bond donors (Lipinski definition) is 0. The van der Waals surface area contributed by atoms with Crippen LogP contribution in [0.25, 0.3) is 0 Å². The maximum absolute atomic E-state index is 6.08. The van der Waals surface area contributed by atoms with Crippen LogP contribution < -0.4 is 28.4 Å². The summed E-state index contributed by atoms with van der Waals surface area (Å²) in [6.45, 7) is 10.8. The summed E-state index contributed by atoms with van der Waals surface area (Å²) in [6, 6.07) is 0. The van der Waals surface area contributed by atoms with E-state index in [1.807, 2.05) is 70.6 Å². The van der Waals surface area contributed by atoms with Crippen LogP contribution in [0.1, 0.15) is 60.8 Å². The molecular weight excluding hydrogens is 1230 g/mol. The first kappa shape index (κ1) is 52.6. The molecule has 18 rings (SSSR count). The zero-order valence-corrected chi connectivity index (χ0v) is 50.8. The Labute approximate surface area is 503 Å². The molecule has 432 valence electrons. The van der Waals surface area contributed by atoms with E-state index in [0.717, 1.165) is 167 Å². The zero-order chi connectivity index (χ0) is 53.4. The van der Waals surface area contributed by atoms with Gasteiger partial charge in [-0.2, -0.15) is 0 Å². The Morgan fingerprint density at radius 2 is 0.333 bits per heavy atom. The highest BCUT2D eigenvalue weighted by Crippen LogP contribution is 2.64. The number of thioether (sulfide) groups is 6. The molecule has 0 amide bonds. The molecule has 0 saturated carbocycles. The molecule has 0 radical (unpaired) electrons. The minimum atomic E-state index is 0.109. The van der Waals surface area contributed by atoms with Gasteiger partial charge in [-0.1, -0.05) is 0 Å². The standard InChI is InChI=1S/3C18H18O6S3/c3*1-3-21-11-9(19-1)7-25-15(11)17-13-14(24-6-5-23-13)18(27-17)16-12-10(8-26-16)20-2-4-22-12/h3*15-16H,1-8H2/t15-,16+;2*15-,16-/m.10/s1. The summed E-state index contributed by atoms with van der Waals surface area (Å²) < 4.78 is 107. The molecule has 0 fully saturated rings. The first-order valence-corrected chi connectivity index (χ1v) is 35.8. The number of thiophene rings is 3. The molecule has 0 aromatic carbocycles. The molecule has 6 atom stereocenters. The topological polar surface area (TPSA) is 166 Å². The van der Waals surface area contributed by atoms with Gasteiger partial charge in [0.1, 0.15) is 185 Å². The minimum absolute atomic E-state index is 0.109. The summed E-state index contributed by atoms with van der Waals surface area (Å²) in [4.78, 5) is 6.95. The van der Waals surface area contributed by atoms with Gasteiger partial charge in [-0.3, -0.25) is 0 Å². The zero-order valence-electron chi connectivity index (χ0n) is 43.5. The molecule has 27 heteroatoms. The van der Waals surface area contributed by atoms with Crippen LogP contribution in [0.5, 0.6) is 34.5 Å². The van der Waals surface area contributed by atoms with Crippen molar-refractivity contribution < 1.29 is 85.3 Å². The lowest BCUT2D eigenvalue weighted by Crippen LogP contribution is -2.17. The van der Waals surface area contributed by atoms with Gasteiger partial charge in [0.2, 0.25) is 0 Å². The average molecular weight is 1280 g/mol. The third kappa shape index (κ3) is 9.54. The highest BCUT2D eigenvalue weighted by Gasteiger charge is 2.47. The number of fused-ring (bicyclic) bond motifs is 3. The van der Waals surface area contributed by atoms with Crippen LogP contribution in [0.3, 0.4) is 0 Å². The maximum Gasteiger partial charge on any atom is 0.177 e. The van der Waals surface area contributed by atoms with Crippen LogP contribution in [-0.2, 0) is 56.8 Å². The Hall–Kier alpha value is -3.96. The van der Waals surface area contributed by atoms with Gasteiger partial charge in [0.05, 0.1) is 63.8 Å². The van der Waals surface area contributed by atoms with Crippen LogP contribution in [0.15, 0.2) is 69.1 Å². The van der Waals surface area contributed by atoms with Gasteiger partial charge in [0.25, 0.3) is 0 Å². The van der Waals surface area contributed by atoms with Gasteiger partial charge in [0, 0.05) is 0 Å². The molecular formula is C54H54O18S9. The van der Waals surface area contributed by atoms with Gasteiger partial charge in [-0.15, -0.1) is 105 Å². The molecule has 0 bridgehead atoms. The Balaban J connectivity index is 0.000000100. The summed E-state index contributed by atoms with van der Waals surface area (Å²) in [6.07, 6.45) is 0. The van der Waals surface area contributed by atoms with Crippen molar-refractivity contribution in [2.24, 2.45) is 0 Å². The minimum Gasteiger partial charge on any atom is -0.490 e. The van der Waals surface area contributed by atoms with E-state index < -0.39 is 0 Å². The lowest BCUT2D eigenvalue weighted by atomic mass is 10.2. The SMILES string of the molecule is C1COC2=C(CS[C@@H]2c2sc([C@H]3SCC4=C3OCCO4)c3c2OCCO3)O1.C1COC2=C(CS[C@H]2c2sc([C@@H]3SCC4=C3OCCO4)c3c2OCCO3)O1.C1COC2=C(CS[C@H]2c2sc([C@H]3SCC4=C3OCCO4)c3c2OCCO3)O1. The van der Waals surface area contributed by atoms with Crippen molar-refractivity contribution in [3.63, 3.8) is 0 Å². The normalized spacial score (nSPS) is 28.7. The van der Waals surface area contributed by atoms with E-state index in [-0.39, 0.29) is 31.5 Å². The van der Waals surface area contributed by atoms with Crippen molar-refractivity contribution in [3.8, 4) is 34.5 Å². The largest absolute Gasteiger partial charge is 0.490 e. The molecule has 81 heavy (non-hydrogen) atoms. The van der Waals surface area contributed by atoms with Crippen LogP contribution in [0.4, 0.5) is 0 Å². The summed E-state index contributed by atoms with van der Waals surface area (Å²) in [7, 11) is 0. The molecule has 3 aromatic heterocycles. The first-order chi connectivity index (χ1) is 40.2. The van der Waals surface area contributed by atoms with Gasteiger partial charge >= 0.3 is 0 Å². The second kappa shape index (κ2) is 22.8. The monoisotopic (exact) mass is 1280 g/mol. The summed E-state index contributed by atoms with van der Waals surface area (Å²) in [5.74, 6) is 21.8. The van der Waals surface area contributed by atoms with Crippen molar-refractivity contribution in [2.75, 3.05) is 153 Å². The fraction of sp³-hybridized carbons (Fsp3) is 0.556. The van der Waals surface area contributed by atoms with Crippen molar-refractivity contribution in [1.82, 2.24) is 0 Å². The molecule has 15 aliphatic rings. The molecule has 3 aromatic rings. The Morgan fingerprint density at radius 1 is 0.185 bits per heavy atom. The molecule has 18 nitrogen and oxygen atoms in total. The number of rotatable bonds is 6. The number of ether oxygens (including phenoxy) is 18. The smallest absolute Gasteiger partial charge is 0.177 e. The molecule has 15 aliphatic heterocycles. The number of hydrogen-bond acceptors (Lipinski definition) is 27. The summed E-state index contributed by atoms with van der Waals surface area (Å²) >= 11 is 16.2. The van der Waals surface area contributed by atoms with E-state index in [0.29, 0.717) is 119 Å². The van der Waals surface area contributed by atoms with E-state index >= 15 is 0 Å². The molecule has 0 unspecified atom stereocenters. The fourth-order valence-electron chi connectivity index (χ4n) is 11.4. The van der Waals surface area contributed by atoms with Crippen molar-refractivity contribution in [2.45, 2.75) is 31.5 Å². The first-order valence-electron chi connectivity index (χ1n) is 27.1. The van der Waals surface area contributed by atoms with Gasteiger partial charge in [-0.05, 0) is 0 Å². The second-order valence-corrected chi connectivity index (χ2v) is 29.4. The molecule has 18 heterocycles. The highest BCUT2D eigenvalue weighted by atomic mass is 32.2. The van der Waals surface area contributed by atoms with E-state index in [2.05, 4.69) is 0 Å². The van der Waals surface area contributed by atoms with E-state index in [1.54, 1.807) is 34.0 Å². The van der Waals surface area contributed by atoms with E-state index in [9.17, 15) is 0 Å². The van der Waals surface area contributed by atoms with Crippen molar-refractivity contribution in [3.05, 3.63) is 98.4 Å². The maximum atomic E-state index is 6.08. The van der Waals surface area contributed by atoms with Crippen LogP contribution in [-0.4, -0.2) is 153 Å². The Morgan fingerprint density at radius 3 is 0.506 bits per heavy atom. The Bertz CT molecular complexity index is 2660. The lowest BCUT2D eigenvalue weighted by molar-refractivity contribution is 0.0638. The Kier molecular flexibility index (Phi) is 14.8. The summed E-state index contributed by atoms with van der Waals surface area (Å²) in [5.41, 5.74) is 0. The van der Waals surface area contributed by atoms with Gasteiger partial charge in [0.15, 0.2) is 69.1 Å². The van der Waals surface area contributed by atoms with Gasteiger partial charge < -0.3 is 85.3 Å². The molecule has 0 aliphatic carbocycles. The van der Waals surface area contributed by atoms with Gasteiger partial charge in [-0.25, -0.2) is 0 Å². The second-order valence-electron chi connectivity index (χ2n) is 19.6. The van der Waals surface area contributed by atoms with Crippen LogP contribution in [0.2, 0.25) is 0 Å². The van der Waals surface area contributed by atoms with E-state index in [1.165, 1.54) is 0 Å². The lowest BCUT2D eigenvalue weighted by Gasteiger charge is -2.22. The van der Waals surface area contributed by atoms with Crippen molar-refractivity contribution >= 4 is 105 Å². The third-order valence-corrected chi connectivity index (χ3v) is 26.9. The third-order valence-electron chi connectivity index (χ3n) is 14.8. The van der Waals surface area contributed by atoms with Crippen molar-refractivity contribution in [1.29, 1.82) is 0 Å². The van der Waals surface area contributed by atoms with E-state index in [4.69, 9.17) is 85.3 Å². The van der Waals surface area contributed by atoms with Crippen LogP contribution >= 0.6 is 105 Å². The fourth-order valence-corrected chi connectivity index (χ4v) is 23.9. The molecule has 0 N–H and O–H groups in total.